The molecular formula is C22H21FN4O2. The predicted molar refractivity (Wildman–Crippen MR) is 110 cm³/mol. The highest BCUT2D eigenvalue weighted by Crippen LogP contribution is 2.24. The van der Waals surface area contributed by atoms with Crippen molar-refractivity contribution >= 4 is 23.6 Å². The van der Waals surface area contributed by atoms with Crippen LogP contribution in [-0.2, 0) is 4.79 Å². The summed E-state index contributed by atoms with van der Waals surface area (Å²) in [5, 5.41) is 4.53. The Morgan fingerprint density at radius 3 is 2.45 bits per heavy atom. The summed E-state index contributed by atoms with van der Waals surface area (Å²) in [5.74, 6) is -2.00. The van der Waals surface area contributed by atoms with Crippen molar-refractivity contribution in [2.24, 2.45) is 5.73 Å². The van der Waals surface area contributed by atoms with E-state index >= 15 is 0 Å². The summed E-state index contributed by atoms with van der Waals surface area (Å²) in [7, 11) is 1.39. The molecule has 0 fully saturated rings. The van der Waals surface area contributed by atoms with E-state index in [0.717, 1.165) is 27.5 Å². The van der Waals surface area contributed by atoms with E-state index < -0.39 is 17.6 Å². The van der Waals surface area contributed by atoms with Gasteiger partial charge in [-0.15, -0.1) is 0 Å². The lowest BCUT2D eigenvalue weighted by Crippen LogP contribution is -2.28. The number of anilines is 1. The number of carbonyl (C=O) groups excluding carboxylic acids is 2. The van der Waals surface area contributed by atoms with Crippen LogP contribution in [0.3, 0.4) is 0 Å². The molecule has 148 valence electrons. The Bertz CT molecular complexity index is 1100. The van der Waals surface area contributed by atoms with Crippen molar-refractivity contribution in [3.05, 3.63) is 82.9 Å². The minimum Gasteiger partial charge on any atom is -0.366 e. The van der Waals surface area contributed by atoms with Gasteiger partial charge in [-0.25, -0.2) is 9.07 Å². The van der Waals surface area contributed by atoms with Crippen LogP contribution in [0.25, 0.3) is 11.8 Å². The summed E-state index contributed by atoms with van der Waals surface area (Å²) in [4.78, 5) is 25.3. The molecular weight excluding hydrogens is 371 g/mol. The molecule has 1 heterocycles. The lowest BCUT2D eigenvalue weighted by Gasteiger charge is -2.18. The number of carbonyl (C=O) groups is 2. The van der Waals surface area contributed by atoms with E-state index in [-0.39, 0.29) is 11.3 Å². The quantitative estimate of drug-likeness (QED) is 0.676. The number of aromatic nitrogens is 2. The van der Waals surface area contributed by atoms with E-state index in [0.29, 0.717) is 0 Å². The molecule has 2 amide bonds. The van der Waals surface area contributed by atoms with Crippen molar-refractivity contribution in [3.63, 3.8) is 0 Å². The van der Waals surface area contributed by atoms with Gasteiger partial charge < -0.3 is 10.6 Å². The fraction of sp³-hybridized carbons (Fsp3) is 0.136. The number of hydrogen-bond acceptors (Lipinski definition) is 3. The molecule has 0 aliphatic carbocycles. The minimum atomic E-state index is -0.807. The molecule has 0 aliphatic rings. The molecule has 0 saturated carbocycles. The number of amides is 2. The zero-order valence-electron chi connectivity index (χ0n) is 16.4. The van der Waals surface area contributed by atoms with Crippen molar-refractivity contribution in [2.75, 3.05) is 11.9 Å². The third-order valence-corrected chi connectivity index (χ3v) is 4.66. The molecule has 0 aliphatic heterocycles. The molecule has 29 heavy (non-hydrogen) atoms. The molecule has 0 unspecified atom stereocenters. The first-order valence-electron chi connectivity index (χ1n) is 8.97. The number of nitrogens with two attached hydrogens (primary N) is 1. The standard InChI is InChI=1S/C22H21FN4O2/c1-14-17(15(2)27(25-14)16-8-5-4-6-9-16)12-13-20(28)26(3)21-18(22(24)29)10-7-11-19(21)23/h4-13H,1-3H3,(H2,24,29). The van der Waals surface area contributed by atoms with Crippen LogP contribution in [0.4, 0.5) is 10.1 Å². The van der Waals surface area contributed by atoms with Crippen LogP contribution >= 0.6 is 0 Å². The number of benzene rings is 2. The summed E-state index contributed by atoms with van der Waals surface area (Å²) in [6.07, 6.45) is 2.96. The Labute approximate surface area is 168 Å². The van der Waals surface area contributed by atoms with Crippen LogP contribution in [0.1, 0.15) is 27.3 Å². The van der Waals surface area contributed by atoms with Gasteiger partial charge in [0.05, 0.1) is 22.6 Å². The van der Waals surface area contributed by atoms with Gasteiger partial charge in [0.15, 0.2) is 0 Å². The van der Waals surface area contributed by atoms with E-state index in [4.69, 9.17) is 5.73 Å². The number of primary amides is 1. The number of halogens is 1. The molecule has 1 aromatic heterocycles. The molecule has 0 bridgehead atoms. The van der Waals surface area contributed by atoms with E-state index in [1.807, 2.05) is 44.2 Å². The van der Waals surface area contributed by atoms with E-state index in [9.17, 15) is 14.0 Å². The Morgan fingerprint density at radius 2 is 1.79 bits per heavy atom. The van der Waals surface area contributed by atoms with Crippen molar-refractivity contribution in [1.82, 2.24) is 9.78 Å². The fourth-order valence-electron chi connectivity index (χ4n) is 3.15. The van der Waals surface area contributed by atoms with Crippen molar-refractivity contribution in [1.29, 1.82) is 0 Å². The van der Waals surface area contributed by atoms with Crippen LogP contribution < -0.4 is 10.6 Å². The summed E-state index contributed by atoms with van der Waals surface area (Å²) in [5.41, 5.74) is 8.42. The van der Waals surface area contributed by atoms with Crippen LogP contribution in [0.2, 0.25) is 0 Å². The molecule has 7 heteroatoms. The number of rotatable bonds is 5. The molecule has 2 N–H and O–H groups in total. The topological polar surface area (TPSA) is 81.2 Å². The first-order valence-corrected chi connectivity index (χ1v) is 8.97. The monoisotopic (exact) mass is 392 g/mol. The van der Waals surface area contributed by atoms with Crippen molar-refractivity contribution in [2.45, 2.75) is 13.8 Å². The fourth-order valence-corrected chi connectivity index (χ4v) is 3.15. The maximum Gasteiger partial charge on any atom is 0.250 e. The van der Waals surface area contributed by atoms with Gasteiger partial charge >= 0.3 is 0 Å². The van der Waals surface area contributed by atoms with Gasteiger partial charge in [0.25, 0.3) is 11.8 Å². The van der Waals surface area contributed by atoms with Crippen LogP contribution in [0, 0.1) is 19.7 Å². The van der Waals surface area contributed by atoms with Gasteiger partial charge in [0.1, 0.15) is 5.82 Å². The zero-order valence-corrected chi connectivity index (χ0v) is 16.4. The van der Waals surface area contributed by atoms with Gasteiger partial charge in [-0.1, -0.05) is 24.3 Å². The molecule has 0 saturated heterocycles. The number of likely N-dealkylation sites (N-methyl/N-ethyl adjacent to an activating group) is 1. The first kappa shape index (κ1) is 20.0. The Balaban J connectivity index is 1.91. The summed E-state index contributed by atoms with van der Waals surface area (Å²) in [6, 6.07) is 13.6. The molecule has 0 atom stereocenters. The van der Waals surface area contributed by atoms with Gasteiger partial charge in [-0.2, -0.15) is 5.10 Å². The Kier molecular flexibility index (Phi) is 5.59. The number of aryl methyl sites for hydroxylation is 1. The average molecular weight is 392 g/mol. The summed E-state index contributed by atoms with van der Waals surface area (Å²) >= 11 is 0. The van der Waals surface area contributed by atoms with Crippen LogP contribution in [0.5, 0.6) is 0 Å². The smallest absolute Gasteiger partial charge is 0.250 e. The molecule has 6 nitrogen and oxygen atoms in total. The maximum atomic E-state index is 14.3. The SMILES string of the molecule is Cc1nn(-c2ccccc2)c(C)c1C=CC(=O)N(C)c1c(F)cccc1C(N)=O. The lowest BCUT2D eigenvalue weighted by atomic mass is 10.1. The Morgan fingerprint density at radius 1 is 1.10 bits per heavy atom. The van der Waals surface area contributed by atoms with Gasteiger partial charge in [0.2, 0.25) is 0 Å². The second kappa shape index (κ2) is 8.10. The summed E-state index contributed by atoms with van der Waals surface area (Å²) < 4.78 is 16.1. The van der Waals surface area contributed by atoms with Crippen LogP contribution in [-0.4, -0.2) is 28.6 Å². The zero-order chi connectivity index (χ0) is 21.1. The molecule has 0 radical (unpaired) electrons. The highest BCUT2D eigenvalue weighted by molar-refractivity contribution is 6.08. The highest BCUT2D eigenvalue weighted by atomic mass is 19.1. The third kappa shape index (κ3) is 3.94. The molecule has 3 aromatic rings. The van der Waals surface area contributed by atoms with Crippen molar-refractivity contribution in [3.8, 4) is 5.69 Å². The molecule has 2 aromatic carbocycles. The number of para-hydroxylation sites is 2. The normalized spacial score (nSPS) is 11.0. The first-order chi connectivity index (χ1) is 13.8. The second-order valence-electron chi connectivity index (χ2n) is 6.56. The predicted octanol–water partition coefficient (Wildman–Crippen LogP) is 3.40. The summed E-state index contributed by atoms with van der Waals surface area (Å²) in [6.45, 7) is 3.76. The van der Waals surface area contributed by atoms with Gasteiger partial charge in [-0.3, -0.25) is 9.59 Å². The van der Waals surface area contributed by atoms with Gasteiger partial charge in [0, 0.05) is 24.4 Å². The molecule has 3 rings (SSSR count). The van der Waals surface area contributed by atoms with E-state index in [1.54, 1.807) is 10.8 Å². The minimum absolute atomic E-state index is 0.0569. The van der Waals surface area contributed by atoms with Crippen LogP contribution in [0.15, 0.2) is 54.6 Å². The maximum absolute atomic E-state index is 14.3. The largest absolute Gasteiger partial charge is 0.366 e. The van der Waals surface area contributed by atoms with E-state index in [1.165, 1.54) is 31.3 Å². The average Bonchev–Trinajstić information content (AvgIpc) is 2.99. The lowest BCUT2D eigenvalue weighted by molar-refractivity contribution is -0.113. The second-order valence-corrected chi connectivity index (χ2v) is 6.56. The number of hydrogen-bond donors (Lipinski definition) is 1. The van der Waals surface area contributed by atoms with E-state index in [2.05, 4.69) is 5.10 Å². The van der Waals surface area contributed by atoms with Gasteiger partial charge in [-0.05, 0) is 44.2 Å². The Hall–Kier alpha value is -3.74. The van der Waals surface area contributed by atoms with Crippen molar-refractivity contribution < 1.29 is 14.0 Å². The third-order valence-electron chi connectivity index (χ3n) is 4.66. The number of nitrogens with zero attached hydrogens (tertiary/aromatic N) is 3. The highest BCUT2D eigenvalue weighted by Gasteiger charge is 2.20. The molecule has 0 spiro atoms.